The highest BCUT2D eigenvalue weighted by Gasteiger charge is 2.22. The molecule has 0 spiro atoms. The standard InChI is InChI=1S/C17H22O3/c1-20-12-13-6-8-15(9-7-13)17(19)11-10-14-4-2-3-5-16(14)18/h6-9,14H,2-5,10-12H2,1H3. The Morgan fingerprint density at radius 2 is 2.00 bits per heavy atom. The van der Waals surface area contributed by atoms with E-state index in [4.69, 9.17) is 4.74 Å². The Morgan fingerprint density at radius 3 is 2.65 bits per heavy atom. The quantitative estimate of drug-likeness (QED) is 0.745. The number of carbonyl (C=O) groups excluding carboxylic acids is 2. The first-order chi connectivity index (χ1) is 9.70. The van der Waals surface area contributed by atoms with Crippen molar-refractivity contribution in [3.05, 3.63) is 35.4 Å². The minimum Gasteiger partial charge on any atom is -0.380 e. The van der Waals surface area contributed by atoms with Gasteiger partial charge in [-0.3, -0.25) is 9.59 Å². The molecule has 0 radical (unpaired) electrons. The smallest absolute Gasteiger partial charge is 0.162 e. The molecule has 1 unspecified atom stereocenters. The topological polar surface area (TPSA) is 43.4 Å². The molecule has 1 fully saturated rings. The predicted molar refractivity (Wildman–Crippen MR) is 77.7 cm³/mol. The molecule has 1 aromatic carbocycles. The monoisotopic (exact) mass is 274 g/mol. The number of Topliss-reactive ketones (excluding diaryl/α,β-unsaturated/α-hetero) is 2. The normalized spacial score (nSPS) is 19.1. The maximum absolute atomic E-state index is 12.1. The molecule has 1 aromatic rings. The van der Waals surface area contributed by atoms with E-state index in [9.17, 15) is 9.59 Å². The summed E-state index contributed by atoms with van der Waals surface area (Å²) < 4.78 is 5.04. The first kappa shape index (κ1) is 14.9. The zero-order valence-electron chi connectivity index (χ0n) is 12.1. The van der Waals surface area contributed by atoms with Gasteiger partial charge in [-0.25, -0.2) is 0 Å². The number of ketones is 2. The summed E-state index contributed by atoms with van der Waals surface area (Å²) >= 11 is 0. The molecule has 0 amide bonds. The van der Waals surface area contributed by atoms with Crippen molar-refractivity contribution in [1.82, 2.24) is 0 Å². The lowest BCUT2D eigenvalue weighted by Gasteiger charge is -2.19. The SMILES string of the molecule is COCc1ccc(C(=O)CCC2CCCCC2=O)cc1. The Morgan fingerprint density at radius 1 is 1.25 bits per heavy atom. The Hall–Kier alpha value is -1.48. The summed E-state index contributed by atoms with van der Waals surface area (Å²) in [4.78, 5) is 23.9. The fourth-order valence-electron chi connectivity index (χ4n) is 2.76. The molecule has 0 aliphatic heterocycles. The van der Waals surface area contributed by atoms with Crippen LogP contribution < -0.4 is 0 Å². The summed E-state index contributed by atoms with van der Waals surface area (Å²) in [5.74, 6) is 0.590. The molecule has 0 heterocycles. The van der Waals surface area contributed by atoms with Crippen LogP contribution in [-0.2, 0) is 16.1 Å². The molecule has 1 saturated carbocycles. The van der Waals surface area contributed by atoms with Crippen LogP contribution in [-0.4, -0.2) is 18.7 Å². The molecule has 0 aromatic heterocycles. The van der Waals surface area contributed by atoms with Gasteiger partial charge in [0, 0.05) is 31.4 Å². The van der Waals surface area contributed by atoms with Crippen LogP contribution in [0.4, 0.5) is 0 Å². The summed E-state index contributed by atoms with van der Waals surface area (Å²) in [6, 6.07) is 7.53. The zero-order valence-corrected chi connectivity index (χ0v) is 12.1. The van der Waals surface area contributed by atoms with E-state index in [2.05, 4.69) is 0 Å². The highest BCUT2D eigenvalue weighted by molar-refractivity contribution is 5.96. The van der Waals surface area contributed by atoms with Gasteiger partial charge in [0.15, 0.2) is 5.78 Å². The van der Waals surface area contributed by atoms with Crippen LogP contribution in [0.1, 0.15) is 54.4 Å². The number of carbonyl (C=O) groups is 2. The molecule has 20 heavy (non-hydrogen) atoms. The summed E-state index contributed by atoms with van der Waals surface area (Å²) in [7, 11) is 1.65. The number of benzene rings is 1. The molecular weight excluding hydrogens is 252 g/mol. The van der Waals surface area contributed by atoms with Crippen LogP contribution >= 0.6 is 0 Å². The molecule has 1 aliphatic rings. The first-order valence-corrected chi connectivity index (χ1v) is 7.34. The number of methoxy groups -OCH3 is 1. The average Bonchev–Trinajstić information content (AvgIpc) is 2.47. The molecule has 1 aliphatic carbocycles. The van der Waals surface area contributed by atoms with E-state index in [1.54, 1.807) is 7.11 Å². The molecule has 3 nitrogen and oxygen atoms in total. The molecule has 0 saturated heterocycles. The van der Waals surface area contributed by atoms with E-state index >= 15 is 0 Å². The highest BCUT2D eigenvalue weighted by atomic mass is 16.5. The molecule has 0 N–H and O–H groups in total. The summed E-state index contributed by atoms with van der Waals surface area (Å²) in [5.41, 5.74) is 1.79. The van der Waals surface area contributed by atoms with Gasteiger partial charge >= 0.3 is 0 Å². The zero-order chi connectivity index (χ0) is 14.4. The van der Waals surface area contributed by atoms with Crippen molar-refractivity contribution in [2.45, 2.75) is 45.1 Å². The Labute approximate surface area is 120 Å². The minimum absolute atomic E-state index is 0.112. The Bertz CT molecular complexity index is 462. The van der Waals surface area contributed by atoms with Gasteiger partial charge in [-0.05, 0) is 24.8 Å². The van der Waals surface area contributed by atoms with Crippen molar-refractivity contribution in [3.8, 4) is 0 Å². The highest BCUT2D eigenvalue weighted by Crippen LogP contribution is 2.25. The molecule has 2 rings (SSSR count). The van der Waals surface area contributed by atoms with Crippen molar-refractivity contribution >= 4 is 11.6 Å². The van der Waals surface area contributed by atoms with Crippen molar-refractivity contribution in [3.63, 3.8) is 0 Å². The largest absolute Gasteiger partial charge is 0.380 e. The van der Waals surface area contributed by atoms with E-state index in [0.29, 0.717) is 31.7 Å². The molecule has 0 bridgehead atoms. The third-order valence-electron chi connectivity index (χ3n) is 3.99. The van der Waals surface area contributed by atoms with Gasteiger partial charge in [0.05, 0.1) is 6.61 Å². The minimum atomic E-state index is 0.112. The fraction of sp³-hybridized carbons (Fsp3) is 0.529. The average molecular weight is 274 g/mol. The van der Waals surface area contributed by atoms with Crippen molar-refractivity contribution in [1.29, 1.82) is 0 Å². The molecule has 3 heteroatoms. The van der Waals surface area contributed by atoms with Crippen LogP contribution in [0.5, 0.6) is 0 Å². The lowest BCUT2D eigenvalue weighted by molar-refractivity contribution is -0.124. The molecule has 108 valence electrons. The molecule has 1 atom stereocenters. The Balaban J connectivity index is 1.86. The summed E-state index contributed by atoms with van der Waals surface area (Å²) in [6.07, 6.45) is 4.97. The van der Waals surface area contributed by atoms with E-state index in [-0.39, 0.29) is 11.7 Å². The van der Waals surface area contributed by atoms with Crippen molar-refractivity contribution in [2.75, 3.05) is 7.11 Å². The Kier molecular flexibility index (Phi) is 5.48. The van der Waals surface area contributed by atoms with E-state index in [1.807, 2.05) is 24.3 Å². The van der Waals surface area contributed by atoms with E-state index < -0.39 is 0 Å². The summed E-state index contributed by atoms with van der Waals surface area (Å²) in [5, 5.41) is 0. The fourth-order valence-corrected chi connectivity index (χ4v) is 2.76. The van der Waals surface area contributed by atoms with Crippen molar-refractivity contribution in [2.24, 2.45) is 5.92 Å². The van der Waals surface area contributed by atoms with Gasteiger partial charge in [-0.2, -0.15) is 0 Å². The third-order valence-corrected chi connectivity index (χ3v) is 3.99. The van der Waals surface area contributed by atoms with Gasteiger partial charge in [-0.1, -0.05) is 30.7 Å². The number of hydrogen-bond acceptors (Lipinski definition) is 3. The third kappa shape index (κ3) is 4.01. The second-order valence-corrected chi connectivity index (χ2v) is 5.50. The van der Waals surface area contributed by atoms with Gasteiger partial charge < -0.3 is 4.74 Å². The first-order valence-electron chi connectivity index (χ1n) is 7.34. The van der Waals surface area contributed by atoms with E-state index in [1.165, 1.54) is 0 Å². The maximum atomic E-state index is 12.1. The van der Waals surface area contributed by atoms with Gasteiger partial charge in [0.1, 0.15) is 5.78 Å². The van der Waals surface area contributed by atoms with E-state index in [0.717, 1.165) is 30.4 Å². The second kappa shape index (κ2) is 7.34. The lowest BCUT2D eigenvalue weighted by Crippen LogP contribution is -2.19. The van der Waals surface area contributed by atoms with Crippen LogP contribution in [0.2, 0.25) is 0 Å². The van der Waals surface area contributed by atoms with Gasteiger partial charge in [0.2, 0.25) is 0 Å². The second-order valence-electron chi connectivity index (χ2n) is 5.50. The van der Waals surface area contributed by atoms with Crippen LogP contribution in [0.15, 0.2) is 24.3 Å². The lowest BCUT2D eigenvalue weighted by atomic mass is 9.84. The number of hydrogen-bond donors (Lipinski definition) is 0. The maximum Gasteiger partial charge on any atom is 0.162 e. The van der Waals surface area contributed by atoms with Crippen LogP contribution in [0.25, 0.3) is 0 Å². The molecular formula is C17H22O3. The van der Waals surface area contributed by atoms with Crippen LogP contribution in [0, 0.1) is 5.92 Å². The number of rotatable bonds is 6. The predicted octanol–water partition coefficient (Wildman–Crippen LogP) is 3.56. The summed E-state index contributed by atoms with van der Waals surface area (Å²) in [6.45, 7) is 0.561. The number of ether oxygens (including phenoxy) is 1. The van der Waals surface area contributed by atoms with Gasteiger partial charge in [-0.15, -0.1) is 0 Å². The van der Waals surface area contributed by atoms with Gasteiger partial charge in [0.25, 0.3) is 0 Å². The van der Waals surface area contributed by atoms with Crippen LogP contribution in [0.3, 0.4) is 0 Å². The van der Waals surface area contributed by atoms with Crippen molar-refractivity contribution < 1.29 is 14.3 Å².